The Bertz CT molecular complexity index is 209. The highest BCUT2D eigenvalue weighted by atomic mass is 15.2. The van der Waals surface area contributed by atoms with Gasteiger partial charge in [0.1, 0.15) is 0 Å². The van der Waals surface area contributed by atoms with Crippen LogP contribution in [0.25, 0.3) is 0 Å². The third kappa shape index (κ3) is 2.92. The van der Waals surface area contributed by atoms with Crippen LogP contribution in [0.1, 0.15) is 19.3 Å². The van der Waals surface area contributed by atoms with E-state index in [9.17, 15) is 0 Å². The van der Waals surface area contributed by atoms with Gasteiger partial charge in [-0.15, -0.1) is 0 Å². The second-order valence-electron chi connectivity index (χ2n) is 4.47. The number of hydrogen-bond donors (Lipinski definition) is 1. The molecule has 0 spiro atoms. The quantitative estimate of drug-likeness (QED) is 0.721. The van der Waals surface area contributed by atoms with Crippen molar-refractivity contribution in [3.8, 4) is 0 Å². The van der Waals surface area contributed by atoms with E-state index in [-0.39, 0.29) is 0 Å². The van der Waals surface area contributed by atoms with Gasteiger partial charge in [0.05, 0.1) is 6.34 Å². The minimum atomic E-state index is 0.725. The molecule has 0 bridgehead atoms. The van der Waals surface area contributed by atoms with Crippen molar-refractivity contribution in [2.24, 2.45) is 10.7 Å². The van der Waals surface area contributed by atoms with Crippen molar-refractivity contribution in [3.63, 3.8) is 0 Å². The van der Waals surface area contributed by atoms with Gasteiger partial charge in [0.25, 0.3) is 0 Å². The number of nitrogens with two attached hydrogens (primary N) is 1. The lowest BCUT2D eigenvalue weighted by atomic mass is 10.0. The second-order valence-corrected chi connectivity index (χ2v) is 4.47. The first kappa shape index (κ1) is 10.9. The van der Waals surface area contributed by atoms with Gasteiger partial charge in [-0.2, -0.15) is 0 Å². The first-order valence-electron chi connectivity index (χ1n) is 6.08. The van der Waals surface area contributed by atoms with Crippen molar-refractivity contribution < 1.29 is 0 Å². The van der Waals surface area contributed by atoms with Gasteiger partial charge in [0, 0.05) is 45.3 Å². The number of hydrogen-bond acceptors (Lipinski definition) is 4. The third-order valence-corrected chi connectivity index (χ3v) is 3.40. The third-order valence-electron chi connectivity index (χ3n) is 3.40. The molecule has 0 saturated carbocycles. The van der Waals surface area contributed by atoms with Crippen LogP contribution < -0.4 is 5.73 Å². The van der Waals surface area contributed by atoms with Crippen LogP contribution in [0, 0.1) is 0 Å². The molecule has 2 N–H and O–H groups in total. The van der Waals surface area contributed by atoms with Crippen molar-refractivity contribution >= 4 is 6.34 Å². The molecule has 2 heterocycles. The molecule has 0 unspecified atom stereocenters. The van der Waals surface area contributed by atoms with Crippen LogP contribution in [0.5, 0.6) is 0 Å². The first-order chi connectivity index (χ1) is 7.40. The van der Waals surface area contributed by atoms with E-state index in [0.717, 1.165) is 25.7 Å². The minimum Gasteiger partial charge on any atom is -0.360 e. The molecule has 15 heavy (non-hydrogen) atoms. The van der Waals surface area contributed by atoms with Crippen molar-refractivity contribution in [1.82, 2.24) is 9.80 Å². The molecule has 0 radical (unpaired) electrons. The van der Waals surface area contributed by atoms with Crippen molar-refractivity contribution in [2.45, 2.75) is 25.3 Å². The van der Waals surface area contributed by atoms with Gasteiger partial charge in [-0.25, -0.2) is 0 Å². The minimum absolute atomic E-state index is 0.725. The number of nitrogens with zero attached hydrogens (tertiary/aromatic N) is 3. The zero-order chi connectivity index (χ0) is 10.5. The summed E-state index contributed by atoms with van der Waals surface area (Å²) < 4.78 is 0. The fourth-order valence-electron chi connectivity index (χ4n) is 2.50. The Kier molecular flexibility index (Phi) is 3.97. The van der Waals surface area contributed by atoms with Gasteiger partial charge < -0.3 is 15.5 Å². The monoisotopic (exact) mass is 210 g/mol. The molecular formula is C11H22N4. The summed E-state index contributed by atoms with van der Waals surface area (Å²) in [5, 5.41) is 0. The maximum absolute atomic E-state index is 5.56. The predicted octanol–water partition coefficient (Wildman–Crippen LogP) is 0.144. The van der Waals surface area contributed by atoms with E-state index in [1.54, 1.807) is 0 Å². The van der Waals surface area contributed by atoms with Crippen molar-refractivity contribution in [2.75, 3.05) is 39.3 Å². The lowest BCUT2D eigenvalue weighted by Gasteiger charge is -2.38. The summed E-state index contributed by atoms with van der Waals surface area (Å²) in [7, 11) is 0. The van der Waals surface area contributed by atoms with Gasteiger partial charge in [-0.3, -0.25) is 4.99 Å². The Morgan fingerprint density at radius 1 is 1.27 bits per heavy atom. The summed E-state index contributed by atoms with van der Waals surface area (Å²) in [5.74, 6) is 0. The van der Waals surface area contributed by atoms with Crippen LogP contribution in [-0.4, -0.2) is 61.4 Å². The van der Waals surface area contributed by atoms with Crippen LogP contribution >= 0.6 is 0 Å². The molecule has 4 nitrogen and oxygen atoms in total. The maximum Gasteiger partial charge on any atom is 0.0852 e. The fourth-order valence-corrected chi connectivity index (χ4v) is 2.50. The summed E-state index contributed by atoms with van der Waals surface area (Å²) in [4.78, 5) is 9.26. The Hall–Kier alpha value is -0.610. The first-order valence-corrected chi connectivity index (χ1v) is 6.08. The van der Waals surface area contributed by atoms with Crippen LogP contribution in [0.3, 0.4) is 0 Å². The average Bonchev–Trinajstić information content (AvgIpc) is 2.32. The zero-order valence-electron chi connectivity index (χ0n) is 9.44. The van der Waals surface area contributed by atoms with Gasteiger partial charge >= 0.3 is 0 Å². The molecule has 0 aromatic rings. The summed E-state index contributed by atoms with van der Waals surface area (Å²) in [5.41, 5.74) is 5.56. The molecule has 0 atom stereocenters. The Morgan fingerprint density at radius 3 is 2.67 bits per heavy atom. The topological polar surface area (TPSA) is 44.9 Å². The lowest BCUT2D eigenvalue weighted by molar-refractivity contribution is 0.156. The smallest absolute Gasteiger partial charge is 0.0852 e. The van der Waals surface area contributed by atoms with E-state index < -0.39 is 0 Å². The number of rotatable bonds is 3. The average molecular weight is 210 g/mol. The summed E-state index contributed by atoms with van der Waals surface area (Å²) >= 11 is 0. The van der Waals surface area contributed by atoms with E-state index in [1.807, 2.05) is 0 Å². The normalized spacial score (nSPS) is 24.7. The van der Waals surface area contributed by atoms with Crippen molar-refractivity contribution in [3.05, 3.63) is 0 Å². The number of aliphatic imine (C=N–C) groups is 1. The standard InChI is InChI=1S/C11H22N4/c12-4-9-14-7-2-11(3-8-14)15-6-1-5-13-10-15/h10-11H,1-9,12H2. The molecule has 2 aliphatic heterocycles. The molecule has 0 amide bonds. The largest absolute Gasteiger partial charge is 0.360 e. The van der Waals surface area contributed by atoms with Gasteiger partial charge in [0.15, 0.2) is 0 Å². The predicted molar refractivity (Wildman–Crippen MR) is 63.2 cm³/mol. The molecule has 2 rings (SSSR count). The van der Waals surface area contributed by atoms with Crippen LogP contribution in [0.15, 0.2) is 4.99 Å². The van der Waals surface area contributed by atoms with E-state index in [2.05, 4.69) is 21.1 Å². The molecule has 0 aliphatic carbocycles. The highest BCUT2D eigenvalue weighted by Gasteiger charge is 2.23. The highest BCUT2D eigenvalue weighted by Crippen LogP contribution is 2.16. The maximum atomic E-state index is 5.56. The summed E-state index contributed by atoms with van der Waals surface area (Å²) in [6.45, 7) is 6.46. The van der Waals surface area contributed by atoms with E-state index in [4.69, 9.17) is 5.73 Å². The van der Waals surface area contributed by atoms with Crippen LogP contribution in [-0.2, 0) is 0 Å². The molecule has 4 heteroatoms. The fraction of sp³-hybridized carbons (Fsp3) is 0.909. The molecule has 1 saturated heterocycles. The van der Waals surface area contributed by atoms with Crippen LogP contribution in [0.4, 0.5) is 0 Å². The summed E-state index contributed by atoms with van der Waals surface area (Å²) in [6, 6.07) is 0.725. The Morgan fingerprint density at radius 2 is 2.07 bits per heavy atom. The molecule has 1 fully saturated rings. The van der Waals surface area contributed by atoms with Crippen LogP contribution in [0.2, 0.25) is 0 Å². The molecule has 0 aromatic heterocycles. The summed E-state index contributed by atoms with van der Waals surface area (Å²) in [6.07, 6.45) is 5.82. The second kappa shape index (κ2) is 5.47. The van der Waals surface area contributed by atoms with Gasteiger partial charge in [0.2, 0.25) is 0 Å². The zero-order valence-corrected chi connectivity index (χ0v) is 9.44. The van der Waals surface area contributed by atoms with Gasteiger partial charge in [-0.05, 0) is 19.3 Å². The SMILES string of the molecule is NCCN1CCC(N2C=NCCC2)CC1. The Balaban J connectivity index is 1.77. The molecule has 2 aliphatic rings. The van der Waals surface area contributed by atoms with E-state index in [0.29, 0.717) is 0 Å². The molecule has 86 valence electrons. The number of piperidine rings is 1. The lowest BCUT2D eigenvalue weighted by Crippen LogP contribution is -2.46. The Labute approximate surface area is 92.1 Å². The molecular weight excluding hydrogens is 188 g/mol. The van der Waals surface area contributed by atoms with Gasteiger partial charge in [-0.1, -0.05) is 0 Å². The molecule has 0 aromatic carbocycles. The van der Waals surface area contributed by atoms with E-state index in [1.165, 1.54) is 38.9 Å². The number of likely N-dealkylation sites (tertiary alicyclic amines) is 1. The van der Waals surface area contributed by atoms with E-state index >= 15 is 0 Å². The van der Waals surface area contributed by atoms with Crippen molar-refractivity contribution in [1.29, 1.82) is 0 Å². The highest BCUT2D eigenvalue weighted by molar-refractivity contribution is 5.56.